The second-order valence-corrected chi connectivity index (χ2v) is 10.6. The highest BCUT2D eigenvalue weighted by Crippen LogP contribution is 2.38. The molecular formula is C13H26O2Si. The van der Waals surface area contributed by atoms with Crippen molar-refractivity contribution in [2.75, 3.05) is 0 Å². The van der Waals surface area contributed by atoms with E-state index in [4.69, 9.17) is 4.43 Å². The largest absolute Gasteiger partial charge is 0.410 e. The van der Waals surface area contributed by atoms with Gasteiger partial charge in [-0.2, -0.15) is 0 Å². The van der Waals surface area contributed by atoms with Gasteiger partial charge in [0.25, 0.3) is 0 Å². The maximum absolute atomic E-state index is 10.9. The zero-order valence-electron chi connectivity index (χ0n) is 11.7. The van der Waals surface area contributed by atoms with Crippen molar-refractivity contribution < 1.29 is 9.22 Å². The second-order valence-electron chi connectivity index (χ2n) is 5.86. The van der Waals surface area contributed by atoms with Gasteiger partial charge in [0.1, 0.15) is 6.29 Å². The molecule has 0 aliphatic rings. The van der Waals surface area contributed by atoms with Gasteiger partial charge in [-0.15, -0.1) is 0 Å². The lowest BCUT2D eigenvalue weighted by Crippen LogP contribution is -2.45. The number of carbonyl (C=O) groups excluding carboxylic acids is 1. The molecule has 0 bridgehead atoms. The summed E-state index contributed by atoms with van der Waals surface area (Å²) in [5, 5.41) is 0.176. The van der Waals surface area contributed by atoms with E-state index >= 15 is 0 Å². The van der Waals surface area contributed by atoms with Crippen LogP contribution in [0.3, 0.4) is 0 Å². The average Bonchev–Trinajstić information content (AvgIpc) is 2.14. The van der Waals surface area contributed by atoms with Crippen molar-refractivity contribution in [1.82, 2.24) is 0 Å². The van der Waals surface area contributed by atoms with Crippen LogP contribution in [0.5, 0.6) is 0 Å². The summed E-state index contributed by atoms with van der Waals surface area (Å²) < 4.78 is 6.22. The fourth-order valence-corrected chi connectivity index (χ4v) is 2.43. The third-order valence-corrected chi connectivity index (χ3v) is 7.83. The summed E-state index contributed by atoms with van der Waals surface area (Å²) in [7, 11) is -1.79. The number of hydrogen-bond donors (Lipinski definition) is 0. The Labute approximate surface area is 101 Å². The highest BCUT2D eigenvalue weighted by atomic mass is 28.4. The molecule has 0 spiro atoms. The summed E-state index contributed by atoms with van der Waals surface area (Å²) in [6.45, 7) is 14.9. The molecule has 0 rings (SSSR count). The molecule has 0 aromatic carbocycles. The van der Waals surface area contributed by atoms with Gasteiger partial charge in [0.2, 0.25) is 0 Å². The molecule has 2 nitrogen and oxygen atoms in total. The van der Waals surface area contributed by atoms with Crippen LogP contribution in [0.15, 0.2) is 12.2 Å². The van der Waals surface area contributed by atoms with E-state index in [0.717, 1.165) is 6.29 Å². The number of hydrogen-bond acceptors (Lipinski definition) is 2. The lowest BCUT2D eigenvalue weighted by Gasteiger charge is -2.39. The zero-order chi connectivity index (χ0) is 13.0. The van der Waals surface area contributed by atoms with Crippen molar-refractivity contribution >= 4 is 14.6 Å². The standard InChI is InChI=1S/C13H26O2Si/c1-8-9-12(11(2)10-14)15-16(6,7)13(3,4)5/h8-12H,1-7H3/b9-8+/t11-,12+/m0/s1. The minimum atomic E-state index is -1.79. The van der Waals surface area contributed by atoms with Gasteiger partial charge in [-0.25, -0.2) is 0 Å². The summed E-state index contributed by atoms with van der Waals surface area (Å²) >= 11 is 0. The molecule has 2 atom stereocenters. The van der Waals surface area contributed by atoms with Gasteiger partial charge in [-0.1, -0.05) is 39.8 Å². The third kappa shape index (κ3) is 4.22. The summed E-state index contributed by atoms with van der Waals surface area (Å²) in [4.78, 5) is 10.9. The van der Waals surface area contributed by atoms with Crippen LogP contribution >= 0.6 is 0 Å². The molecule has 0 fully saturated rings. The number of allylic oxidation sites excluding steroid dienone is 1. The molecule has 0 amide bonds. The van der Waals surface area contributed by atoms with Gasteiger partial charge >= 0.3 is 0 Å². The molecule has 0 saturated carbocycles. The van der Waals surface area contributed by atoms with Crippen molar-refractivity contribution in [2.45, 2.75) is 58.9 Å². The highest BCUT2D eigenvalue weighted by Gasteiger charge is 2.39. The van der Waals surface area contributed by atoms with Gasteiger partial charge < -0.3 is 9.22 Å². The first-order valence-electron chi connectivity index (χ1n) is 5.91. The molecule has 0 aliphatic carbocycles. The number of aldehydes is 1. The molecule has 0 saturated heterocycles. The molecule has 0 N–H and O–H groups in total. The maximum atomic E-state index is 10.9. The molecule has 0 radical (unpaired) electrons. The van der Waals surface area contributed by atoms with Crippen LogP contribution in [-0.4, -0.2) is 20.7 Å². The number of carbonyl (C=O) groups is 1. The predicted molar refractivity (Wildman–Crippen MR) is 72.1 cm³/mol. The molecule has 16 heavy (non-hydrogen) atoms. The van der Waals surface area contributed by atoms with Crippen molar-refractivity contribution in [2.24, 2.45) is 5.92 Å². The normalized spacial score (nSPS) is 17.4. The Balaban J connectivity index is 4.82. The monoisotopic (exact) mass is 242 g/mol. The summed E-state index contributed by atoms with van der Waals surface area (Å²) in [5.41, 5.74) is 0. The lowest BCUT2D eigenvalue weighted by atomic mass is 10.1. The lowest BCUT2D eigenvalue weighted by molar-refractivity contribution is -0.112. The Morgan fingerprint density at radius 1 is 1.25 bits per heavy atom. The molecule has 0 aromatic rings. The van der Waals surface area contributed by atoms with Crippen LogP contribution in [0.2, 0.25) is 18.1 Å². The third-order valence-electron chi connectivity index (χ3n) is 3.35. The topological polar surface area (TPSA) is 26.3 Å². The first-order valence-corrected chi connectivity index (χ1v) is 8.82. The van der Waals surface area contributed by atoms with E-state index in [1.165, 1.54) is 0 Å². The Morgan fingerprint density at radius 2 is 1.75 bits per heavy atom. The number of rotatable bonds is 5. The molecule has 0 unspecified atom stereocenters. The van der Waals surface area contributed by atoms with Gasteiger partial charge in [0.15, 0.2) is 8.32 Å². The van der Waals surface area contributed by atoms with Crippen molar-refractivity contribution in [3.8, 4) is 0 Å². The molecule has 0 heterocycles. The Hall–Kier alpha value is -0.413. The molecule has 3 heteroatoms. The van der Waals surface area contributed by atoms with Gasteiger partial charge in [0, 0.05) is 5.92 Å². The predicted octanol–water partition coefficient (Wildman–Crippen LogP) is 3.79. The van der Waals surface area contributed by atoms with Crippen molar-refractivity contribution in [3.05, 3.63) is 12.2 Å². The minimum Gasteiger partial charge on any atom is -0.410 e. The highest BCUT2D eigenvalue weighted by molar-refractivity contribution is 6.74. The SMILES string of the molecule is C/C=C/[C@@H](O[Si](C)(C)C(C)(C)C)[C@@H](C)C=O. The fraction of sp³-hybridized carbons (Fsp3) is 0.769. The minimum absolute atomic E-state index is 0.0784. The van der Waals surface area contributed by atoms with Crippen LogP contribution in [0.4, 0.5) is 0 Å². The Bertz CT molecular complexity index is 251. The van der Waals surface area contributed by atoms with Crippen LogP contribution in [0.25, 0.3) is 0 Å². The molecular weight excluding hydrogens is 216 g/mol. The molecule has 94 valence electrons. The van der Waals surface area contributed by atoms with Crippen LogP contribution in [0, 0.1) is 5.92 Å². The maximum Gasteiger partial charge on any atom is 0.192 e. The van der Waals surface area contributed by atoms with E-state index in [1.807, 2.05) is 26.0 Å². The van der Waals surface area contributed by atoms with Gasteiger partial charge in [-0.05, 0) is 25.1 Å². The van der Waals surface area contributed by atoms with Gasteiger partial charge in [-0.3, -0.25) is 0 Å². The first kappa shape index (κ1) is 15.6. The van der Waals surface area contributed by atoms with E-state index in [9.17, 15) is 4.79 Å². The second kappa shape index (κ2) is 5.78. The van der Waals surface area contributed by atoms with Crippen molar-refractivity contribution in [3.63, 3.8) is 0 Å². The van der Waals surface area contributed by atoms with Crippen LogP contribution in [0.1, 0.15) is 34.6 Å². The zero-order valence-corrected chi connectivity index (χ0v) is 12.7. The summed E-state index contributed by atoms with van der Waals surface area (Å²) in [5.74, 6) is -0.0784. The smallest absolute Gasteiger partial charge is 0.192 e. The van der Waals surface area contributed by atoms with E-state index in [2.05, 4.69) is 33.9 Å². The van der Waals surface area contributed by atoms with Gasteiger partial charge in [0.05, 0.1) is 6.10 Å². The van der Waals surface area contributed by atoms with Crippen LogP contribution < -0.4 is 0 Å². The van der Waals surface area contributed by atoms with E-state index in [1.54, 1.807) is 0 Å². The molecule has 0 aliphatic heterocycles. The van der Waals surface area contributed by atoms with Crippen molar-refractivity contribution in [1.29, 1.82) is 0 Å². The fourth-order valence-electron chi connectivity index (χ4n) is 1.11. The quantitative estimate of drug-likeness (QED) is 0.416. The van der Waals surface area contributed by atoms with Crippen LogP contribution in [-0.2, 0) is 9.22 Å². The first-order chi connectivity index (χ1) is 7.15. The average molecular weight is 242 g/mol. The summed E-state index contributed by atoms with van der Waals surface area (Å²) in [6.07, 6.45) is 4.83. The Kier molecular flexibility index (Phi) is 5.63. The Morgan fingerprint density at radius 3 is 2.06 bits per heavy atom. The van der Waals surface area contributed by atoms with E-state index in [-0.39, 0.29) is 17.1 Å². The van der Waals surface area contributed by atoms with E-state index < -0.39 is 8.32 Å². The molecule has 0 aromatic heterocycles. The van der Waals surface area contributed by atoms with E-state index in [0.29, 0.717) is 0 Å². The summed E-state index contributed by atoms with van der Waals surface area (Å²) in [6, 6.07) is 0.